The van der Waals surface area contributed by atoms with Crippen molar-refractivity contribution in [3.05, 3.63) is 51.5 Å². The van der Waals surface area contributed by atoms with Gasteiger partial charge in [0.25, 0.3) is 0 Å². The molecule has 2 aromatic rings. The molecule has 0 heterocycles. The zero-order valence-electron chi connectivity index (χ0n) is 17.6. The van der Waals surface area contributed by atoms with E-state index in [-0.39, 0.29) is 30.8 Å². The number of benzene rings is 2. The highest BCUT2D eigenvalue weighted by Crippen LogP contribution is 2.37. The van der Waals surface area contributed by atoms with Crippen molar-refractivity contribution in [2.75, 3.05) is 11.9 Å². The molecular formula is C22H25BrClN3O4. The Labute approximate surface area is 195 Å². The fourth-order valence-corrected chi connectivity index (χ4v) is 3.25. The van der Waals surface area contributed by atoms with Crippen LogP contribution in [0.2, 0.25) is 5.02 Å². The number of carbonyl (C=O) groups is 2. The van der Waals surface area contributed by atoms with Gasteiger partial charge in [-0.1, -0.05) is 23.7 Å². The molecule has 0 unspecified atom stereocenters. The maximum atomic E-state index is 12.0. The molecule has 0 aliphatic rings. The van der Waals surface area contributed by atoms with Crippen LogP contribution in [0.25, 0.3) is 0 Å². The number of nitrogens with zero attached hydrogens (tertiary/aromatic N) is 1. The van der Waals surface area contributed by atoms with Crippen molar-refractivity contribution >= 4 is 51.2 Å². The molecule has 0 atom stereocenters. The Hall–Kier alpha value is -2.58. The molecule has 0 saturated heterocycles. The van der Waals surface area contributed by atoms with Crippen molar-refractivity contribution in [3.63, 3.8) is 0 Å². The topological polar surface area (TPSA) is 89.0 Å². The Morgan fingerprint density at radius 3 is 2.58 bits per heavy atom. The highest BCUT2D eigenvalue weighted by atomic mass is 79.9. The number of hydrazone groups is 1. The van der Waals surface area contributed by atoms with Crippen LogP contribution >= 0.6 is 27.5 Å². The number of halogens is 2. The van der Waals surface area contributed by atoms with Crippen molar-refractivity contribution < 1.29 is 19.1 Å². The fourth-order valence-electron chi connectivity index (χ4n) is 2.51. The van der Waals surface area contributed by atoms with Crippen LogP contribution in [0.1, 0.15) is 39.2 Å². The number of carbonyl (C=O) groups excluding carboxylic acids is 2. The Balaban J connectivity index is 1.90. The van der Waals surface area contributed by atoms with Gasteiger partial charge in [0, 0.05) is 12.8 Å². The van der Waals surface area contributed by atoms with Crippen LogP contribution in [-0.2, 0) is 9.59 Å². The summed E-state index contributed by atoms with van der Waals surface area (Å²) in [5.74, 6) is 0.504. The summed E-state index contributed by atoms with van der Waals surface area (Å²) < 4.78 is 12.2. The van der Waals surface area contributed by atoms with Crippen LogP contribution < -0.4 is 20.2 Å². The number of amides is 2. The average Bonchev–Trinajstić information content (AvgIpc) is 2.71. The van der Waals surface area contributed by atoms with Crippen LogP contribution in [0.4, 0.5) is 5.69 Å². The van der Waals surface area contributed by atoms with Gasteiger partial charge in [-0.05, 0) is 66.5 Å². The number of ether oxygens (including phenoxy) is 2. The molecular weight excluding hydrogens is 486 g/mol. The second kappa shape index (κ2) is 12.3. The summed E-state index contributed by atoms with van der Waals surface area (Å²) in [6.07, 6.45) is 1.48. The lowest BCUT2D eigenvalue weighted by Gasteiger charge is -2.16. The lowest BCUT2D eigenvalue weighted by atomic mass is 10.2. The number of anilines is 1. The van der Waals surface area contributed by atoms with Crippen molar-refractivity contribution in [1.82, 2.24) is 5.43 Å². The molecule has 2 N–H and O–H groups in total. The minimum absolute atomic E-state index is 0.00779. The van der Waals surface area contributed by atoms with Crippen LogP contribution in [0.15, 0.2) is 46.0 Å². The highest BCUT2D eigenvalue weighted by Gasteiger charge is 2.13. The number of hydrogen-bond acceptors (Lipinski definition) is 5. The molecule has 166 valence electrons. The van der Waals surface area contributed by atoms with Crippen molar-refractivity contribution in [2.45, 2.75) is 39.7 Å². The summed E-state index contributed by atoms with van der Waals surface area (Å²) in [4.78, 5) is 24.0. The van der Waals surface area contributed by atoms with Crippen molar-refractivity contribution in [3.8, 4) is 11.5 Å². The van der Waals surface area contributed by atoms with Gasteiger partial charge in [-0.25, -0.2) is 5.43 Å². The molecule has 31 heavy (non-hydrogen) atoms. The summed E-state index contributed by atoms with van der Waals surface area (Å²) in [5.41, 5.74) is 3.64. The number of hydrogen-bond donors (Lipinski definition) is 2. The molecule has 0 fully saturated rings. The Morgan fingerprint density at radius 2 is 1.90 bits per heavy atom. The van der Waals surface area contributed by atoms with Gasteiger partial charge < -0.3 is 14.8 Å². The first-order valence-electron chi connectivity index (χ1n) is 9.79. The van der Waals surface area contributed by atoms with Crippen molar-refractivity contribution in [1.29, 1.82) is 0 Å². The first-order valence-corrected chi connectivity index (χ1v) is 11.0. The summed E-state index contributed by atoms with van der Waals surface area (Å²) in [5, 5.41) is 7.06. The van der Waals surface area contributed by atoms with Gasteiger partial charge in [0.1, 0.15) is 0 Å². The Bertz CT molecular complexity index is 950. The maximum Gasteiger partial charge on any atom is 0.240 e. The van der Waals surface area contributed by atoms with Gasteiger partial charge in [0.15, 0.2) is 11.5 Å². The van der Waals surface area contributed by atoms with E-state index >= 15 is 0 Å². The smallest absolute Gasteiger partial charge is 0.240 e. The highest BCUT2D eigenvalue weighted by molar-refractivity contribution is 9.10. The molecule has 0 spiro atoms. The maximum absolute atomic E-state index is 12.0. The van der Waals surface area contributed by atoms with Crippen LogP contribution in [0, 0.1) is 0 Å². The normalized spacial score (nSPS) is 10.9. The second-order valence-electron chi connectivity index (χ2n) is 6.75. The average molecular weight is 511 g/mol. The van der Waals surface area contributed by atoms with E-state index in [1.807, 2.05) is 26.8 Å². The largest absolute Gasteiger partial charge is 0.490 e. The van der Waals surface area contributed by atoms with E-state index in [0.717, 1.165) is 4.47 Å². The monoisotopic (exact) mass is 509 g/mol. The SMILES string of the molecule is CCOc1cc(C=NNC(=O)CCC(=O)Nc2ccccc2Cl)cc(Br)c1OC(C)C. The van der Waals surface area contributed by atoms with E-state index in [1.54, 1.807) is 30.3 Å². The van der Waals surface area contributed by atoms with Crippen LogP contribution in [0.3, 0.4) is 0 Å². The molecule has 2 rings (SSSR count). The van der Waals surface area contributed by atoms with E-state index in [1.165, 1.54) is 6.21 Å². The lowest BCUT2D eigenvalue weighted by molar-refractivity contribution is -0.124. The number of nitrogens with one attached hydrogen (secondary N) is 2. The zero-order valence-corrected chi connectivity index (χ0v) is 19.9. The summed E-state index contributed by atoms with van der Waals surface area (Å²) in [7, 11) is 0. The van der Waals surface area contributed by atoms with Gasteiger partial charge >= 0.3 is 0 Å². The van der Waals surface area contributed by atoms with Crippen LogP contribution in [-0.4, -0.2) is 30.7 Å². The fraction of sp³-hybridized carbons (Fsp3) is 0.318. The van der Waals surface area contributed by atoms with Crippen molar-refractivity contribution in [2.24, 2.45) is 5.10 Å². The van der Waals surface area contributed by atoms with Gasteiger partial charge in [0.2, 0.25) is 11.8 Å². The van der Waals surface area contributed by atoms with Gasteiger partial charge in [0.05, 0.1) is 34.1 Å². The molecule has 2 aromatic carbocycles. The molecule has 0 aromatic heterocycles. The van der Waals surface area contributed by atoms with Crippen LogP contribution in [0.5, 0.6) is 11.5 Å². The predicted octanol–water partition coefficient (Wildman–Crippen LogP) is 5.16. The summed E-state index contributed by atoms with van der Waals surface area (Å²) in [6, 6.07) is 10.5. The predicted molar refractivity (Wildman–Crippen MR) is 126 cm³/mol. The van der Waals surface area contributed by atoms with E-state index in [4.69, 9.17) is 21.1 Å². The van der Waals surface area contributed by atoms with E-state index in [2.05, 4.69) is 31.8 Å². The van der Waals surface area contributed by atoms with E-state index < -0.39 is 0 Å². The minimum atomic E-state index is -0.380. The first kappa shape index (κ1) is 24.7. The molecule has 0 radical (unpaired) electrons. The quantitative estimate of drug-likeness (QED) is 0.341. The van der Waals surface area contributed by atoms with E-state index in [9.17, 15) is 9.59 Å². The summed E-state index contributed by atoms with van der Waals surface area (Å²) in [6.45, 7) is 6.23. The molecule has 0 saturated carbocycles. The van der Waals surface area contributed by atoms with E-state index in [0.29, 0.717) is 34.4 Å². The lowest BCUT2D eigenvalue weighted by Crippen LogP contribution is -2.20. The van der Waals surface area contributed by atoms with Gasteiger partial charge in [-0.2, -0.15) is 5.10 Å². The Morgan fingerprint density at radius 1 is 1.19 bits per heavy atom. The molecule has 0 bridgehead atoms. The third-order valence-corrected chi connectivity index (χ3v) is 4.73. The second-order valence-corrected chi connectivity index (χ2v) is 8.01. The molecule has 0 aliphatic carbocycles. The Kier molecular flexibility index (Phi) is 9.81. The molecule has 7 nitrogen and oxygen atoms in total. The molecule has 2 amide bonds. The third-order valence-electron chi connectivity index (χ3n) is 3.82. The molecule has 9 heteroatoms. The minimum Gasteiger partial charge on any atom is -0.490 e. The zero-order chi connectivity index (χ0) is 22.8. The number of rotatable bonds is 10. The molecule has 0 aliphatic heterocycles. The first-order chi connectivity index (χ1) is 14.8. The van der Waals surface area contributed by atoms with Gasteiger partial charge in [-0.15, -0.1) is 0 Å². The third kappa shape index (κ3) is 8.22. The summed E-state index contributed by atoms with van der Waals surface area (Å²) >= 11 is 9.48. The van der Waals surface area contributed by atoms with Gasteiger partial charge in [-0.3, -0.25) is 9.59 Å². The standard InChI is InChI=1S/C22H25BrClN3O4/c1-4-30-19-12-15(11-16(23)22(19)31-14(2)3)13-25-27-21(29)10-9-20(28)26-18-8-6-5-7-17(18)24/h5-8,11-14H,4,9-10H2,1-3H3,(H,26,28)(H,27,29). The number of para-hydroxylation sites is 1.